The Morgan fingerprint density at radius 3 is 2.75 bits per heavy atom. The molecule has 1 aliphatic heterocycles. The lowest BCUT2D eigenvalue weighted by Gasteiger charge is -2.31. The highest BCUT2D eigenvalue weighted by Gasteiger charge is 2.41. The van der Waals surface area contributed by atoms with E-state index in [0.717, 1.165) is 19.3 Å². The summed E-state index contributed by atoms with van der Waals surface area (Å²) in [5.74, 6) is 0.639. The van der Waals surface area contributed by atoms with Crippen molar-refractivity contribution >= 4 is 23.2 Å². The molecule has 0 aromatic carbocycles. The van der Waals surface area contributed by atoms with Crippen molar-refractivity contribution < 1.29 is 14.0 Å². The van der Waals surface area contributed by atoms with Crippen LogP contribution < -0.4 is 5.32 Å². The molecule has 6 heteroatoms. The summed E-state index contributed by atoms with van der Waals surface area (Å²) in [4.78, 5) is 26.5. The van der Waals surface area contributed by atoms with Crippen LogP contribution in [0.1, 0.15) is 41.1 Å². The van der Waals surface area contributed by atoms with E-state index in [1.165, 1.54) is 18.1 Å². The molecule has 2 aliphatic rings. The van der Waals surface area contributed by atoms with Crippen molar-refractivity contribution in [2.75, 3.05) is 13.1 Å². The molecule has 2 fully saturated rings. The van der Waals surface area contributed by atoms with Gasteiger partial charge in [-0.3, -0.25) is 9.59 Å². The molecular formula is C18H20N2O3S. The van der Waals surface area contributed by atoms with Gasteiger partial charge in [-0.25, -0.2) is 0 Å². The fourth-order valence-corrected chi connectivity index (χ4v) is 4.15. The predicted octanol–water partition coefficient (Wildman–Crippen LogP) is 2.87. The summed E-state index contributed by atoms with van der Waals surface area (Å²) in [6, 6.07) is 4.11. The maximum absolute atomic E-state index is 12.4. The van der Waals surface area contributed by atoms with Gasteiger partial charge in [0.2, 0.25) is 5.91 Å². The fraction of sp³-hybridized carbons (Fsp3) is 0.444. The number of carbonyl (C=O) groups is 2. The molecule has 2 amide bonds. The summed E-state index contributed by atoms with van der Waals surface area (Å²) in [6.45, 7) is 1.25. The van der Waals surface area contributed by atoms with Crippen molar-refractivity contribution in [3.05, 3.63) is 46.5 Å². The fourth-order valence-electron chi connectivity index (χ4n) is 3.42. The van der Waals surface area contributed by atoms with Crippen LogP contribution in [0.4, 0.5) is 0 Å². The van der Waals surface area contributed by atoms with Gasteiger partial charge in [-0.15, -0.1) is 0 Å². The van der Waals surface area contributed by atoms with Crippen LogP contribution in [0.25, 0.3) is 0 Å². The van der Waals surface area contributed by atoms with Crippen molar-refractivity contribution in [1.29, 1.82) is 0 Å². The first-order valence-corrected chi connectivity index (χ1v) is 9.30. The Bertz CT molecular complexity index is 703. The second-order valence-electron chi connectivity index (χ2n) is 6.59. The van der Waals surface area contributed by atoms with Gasteiger partial charge in [-0.05, 0) is 47.7 Å². The lowest BCUT2D eigenvalue weighted by atomic mass is 9.95. The molecule has 2 atom stereocenters. The normalized spacial score (nSPS) is 23.9. The van der Waals surface area contributed by atoms with Gasteiger partial charge in [0.25, 0.3) is 5.91 Å². The van der Waals surface area contributed by atoms with Gasteiger partial charge in [0.1, 0.15) is 6.26 Å². The van der Waals surface area contributed by atoms with Gasteiger partial charge < -0.3 is 14.6 Å². The highest BCUT2D eigenvalue weighted by molar-refractivity contribution is 7.08. The number of amides is 2. The van der Waals surface area contributed by atoms with Crippen LogP contribution >= 0.6 is 11.3 Å². The van der Waals surface area contributed by atoms with Gasteiger partial charge in [0.05, 0.1) is 11.8 Å². The highest BCUT2D eigenvalue weighted by atomic mass is 32.1. The maximum atomic E-state index is 12.4. The summed E-state index contributed by atoms with van der Waals surface area (Å²) >= 11 is 1.70. The van der Waals surface area contributed by atoms with Crippen LogP contribution in [0.2, 0.25) is 0 Å². The highest BCUT2D eigenvalue weighted by Crippen LogP contribution is 2.41. The SMILES string of the molecule is O=C(N[C@@H]1C[C@H]1c1ccsc1)C1CCN(C(=O)c2ccoc2)CC1. The lowest BCUT2D eigenvalue weighted by molar-refractivity contribution is -0.126. The Morgan fingerprint density at radius 2 is 2.08 bits per heavy atom. The molecule has 126 valence electrons. The van der Waals surface area contributed by atoms with E-state index in [2.05, 4.69) is 22.1 Å². The molecular weight excluding hydrogens is 324 g/mol. The molecule has 0 bridgehead atoms. The largest absolute Gasteiger partial charge is 0.472 e. The van der Waals surface area contributed by atoms with Crippen molar-refractivity contribution in [3.8, 4) is 0 Å². The number of hydrogen-bond acceptors (Lipinski definition) is 4. The van der Waals surface area contributed by atoms with Crippen LogP contribution in [-0.2, 0) is 4.79 Å². The van der Waals surface area contributed by atoms with E-state index in [1.807, 2.05) is 0 Å². The van der Waals surface area contributed by atoms with Gasteiger partial charge in [-0.1, -0.05) is 0 Å². The molecule has 2 aromatic rings. The van der Waals surface area contributed by atoms with Crippen molar-refractivity contribution in [2.24, 2.45) is 5.92 Å². The Morgan fingerprint density at radius 1 is 1.25 bits per heavy atom. The van der Waals surface area contributed by atoms with E-state index in [9.17, 15) is 9.59 Å². The molecule has 2 aromatic heterocycles. The first-order valence-electron chi connectivity index (χ1n) is 8.36. The minimum atomic E-state index is -0.0117. The minimum Gasteiger partial charge on any atom is -0.472 e. The number of thiophene rings is 1. The molecule has 5 nitrogen and oxygen atoms in total. The third-order valence-electron chi connectivity index (χ3n) is 5.01. The van der Waals surface area contributed by atoms with Crippen LogP contribution in [0.15, 0.2) is 39.8 Å². The smallest absolute Gasteiger partial charge is 0.257 e. The zero-order chi connectivity index (χ0) is 16.5. The van der Waals surface area contributed by atoms with Gasteiger partial charge >= 0.3 is 0 Å². The average molecular weight is 344 g/mol. The van der Waals surface area contributed by atoms with Crippen LogP contribution in [0.5, 0.6) is 0 Å². The number of nitrogens with zero attached hydrogens (tertiary/aromatic N) is 1. The summed E-state index contributed by atoms with van der Waals surface area (Å²) in [5.41, 5.74) is 1.92. The van der Waals surface area contributed by atoms with Gasteiger partial charge in [0, 0.05) is 31.0 Å². The van der Waals surface area contributed by atoms with Crippen molar-refractivity contribution in [2.45, 2.75) is 31.2 Å². The molecule has 0 unspecified atom stereocenters. The standard InChI is InChI=1S/C18H20N2O3S/c21-17(19-16-9-15(16)14-4-8-24-11-14)12-1-5-20(6-2-12)18(22)13-3-7-23-10-13/h3-4,7-8,10-12,15-16H,1-2,5-6,9H2,(H,19,21)/t15-,16+/m0/s1. The predicted molar refractivity (Wildman–Crippen MR) is 90.9 cm³/mol. The third kappa shape index (κ3) is 3.11. The van der Waals surface area contributed by atoms with Gasteiger partial charge in [-0.2, -0.15) is 11.3 Å². The number of nitrogens with one attached hydrogen (secondary N) is 1. The van der Waals surface area contributed by atoms with E-state index in [-0.39, 0.29) is 23.8 Å². The van der Waals surface area contributed by atoms with Gasteiger partial charge in [0.15, 0.2) is 0 Å². The van der Waals surface area contributed by atoms with Crippen molar-refractivity contribution in [3.63, 3.8) is 0 Å². The molecule has 1 N–H and O–H groups in total. The Hall–Kier alpha value is -2.08. The zero-order valence-electron chi connectivity index (χ0n) is 13.3. The Kier molecular flexibility index (Phi) is 4.14. The lowest BCUT2D eigenvalue weighted by Crippen LogP contribution is -2.43. The Labute approximate surface area is 144 Å². The van der Waals surface area contributed by atoms with E-state index < -0.39 is 0 Å². The summed E-state index contributed by atoms with van der Waals surface area (Å²) < 4.78 is 4.97. The van der Waals surface area contributed by atoms with Crippen LogP contribution in [0.3, 0.4) is 0 Å². The number of hydrogen-bond donors (Lipinski definition) is 1. The molecule has 1 saturated heterocycles. The summed E-state index contributed by atoms with van der Waals surface area (Å²) in [5, 5.41) is 7.43. The second-order valence-corrected chi connectivity index (χ2v) is 7.37. The zero-order valence-corrected chi connectivity index (χ0v) is 14.1. The van der Waals surface area contributed by atoms with E-state index in [4.69, 9.17) is 4.42 Å². The first-order chi connectivity index (χ1) is 11.7. The van der Waals surface area contributed by atoms with Crippen LogP contribution in [0, 0.1) is 5.92 Å². The number of likely N-dealkylation sites (tertiary alicyclic amines) is 1. The van der Waals surface area contributed by atoms with E-state index in [1.54, 1.807) is 22.3 Å². The maximum Gasteiger partial charge on any atom is 0.257 e. The molecule has 3 heterocycles. The monoisotopic (exact) mass is 344 g/mol. The topological polar surface area (TPSA) is 62.6 Å². The third-order valence-corrected chi connectivity index (χ3v) is 5.71. The summed E-state index contributed by atoms with van der Waals surface area (Å²) in [7, 11) is 0. The molecule has 4 rings (SSSR count). The van der Waals surface area contributed by atoms with Crippen LogP contribution in [-0.4, -0.2) is 35.8 Å². The van der Waals surface area contributed by atoms with E-state index in [0.29, 0.717) is 24.6 Å². The molecule has 1 saturated carbocycles. The molecule has 24 heavy (non-hydrogen) atoms. The number of rotatable bonds is 4. The minimum absolute atomic E-state index is 0.0117. The molecule has 1 aliphatic carbocycles. The second kappa shape index (κ2) is 6.43. The van der Waals surface area contributed by atoms with E-state index >= 15 is 0 Å². The molecule has 0 radical (unpaired) electrons. The number of piperidine rings is 1. The van der Waals surface area contributed by atoms with Crippen molar-refractivity contribution in [1.82, 2.24) is 10.2 Å². The molecule has 0 spiro atoms. The summed E-state index contributed by atoms with van der Waals surface area (Å²) in [6.07, 6.45) is 5.47. The number of furan rings is 1. The first kappa shape index (κ1) is 15.4. The quantitative estimate of drug-likeness (QED) is 0.928. The Balaban J connectivity index is 1.26. The average Bonchev–Trinajstić information content (AvgIpc) is 3.05. The number of carbonyl (C=O) groups excluding carboxylic acids is 2.